The average Bonchev–Trinajstić information content (AvgIpc) is 3.15. The van der Waals surface area contributed by atoms with Crippen LogP contribution in [-0.4, -0.2) is 22.6 Å². The van der Waals surface area contributed by atoms with Gasteiger partial charge in [-0.25, -0.2) is 0 Å². The summed E-state index contributed by atoms with van der Waals surface area (Å²) in [7, 11) is 0. The molecule has 0 fully saturated rings. The van der Waals surface area contributed by atoms with Gasteiger partial charge in [0.05, 0.1) is 11.4 Å². The smallest absolute Gasteiger partial charge is 0.287 e. The Morgan fingerprint density at radius 2 is 1.85 bits per heavy atom. The van der Waals surface area contributed by atoms with Gasteiger partial charge in [-0.3, -0.25) is 4.79 Å². The van der Waals surface area contributed by atoms with E-state index in [4.69, 9.17) is 4.42 Å². The van der Waals surface area contributed by atoms with Gasteiger partial charge in [-0.1, -0.05) is 55.4 Å². The lowest BCUT2D eigenvalue weighted by Crippen LogP contribution is -2.26. The van der Waals surface area contributed by atoms with E-state index in [1.54, 1.807) is 6.07 Å². The molecule has 0 saturated carbocycles. The van der Waals surface area contributed by atoms with Crippen LogP contribution in [0.3, 0.4) is 0 Å². The number of carbonyl (C=O) groups is 1. The second-order valence-electron chi connectivity index (χ2n) is 6.78. The lowest BCUT2D eigenvalue weighted by atomic mass is 10.1. The zero-order valence-corrected chi connectivity index (χ0v) is 16.5. The predicted octanol–water partition coefficient (Wildman–Crippen LogP) is 4.72. The fourth-order valence-corrected chi connectivity index (χ4v) is 3.09. The van der Waals surface area contributed by atoms with Crippen LogP contribution >= 0.6 is 11.8 Å². The molecule has 3 rings (SSSR count). The fourth-order valence-electron chi connectivity index (χ4n) is 2.38. The van der Waals surface area contributed by atoms with Crippen LogP contribution in [0.1, 0.15) is 35.7 Å². The molecule has 0 radical (unpaired) electrons. The number of hydrogen-bond donors (Lipinski definition) is 1. The number of hydrogen-bond acceptors (Lipinski definition) is 5. The monoisotopic (exact) mass is 381 g/mol. The summed E-state index contributed by atoms with van der Waals surface area (Å²) in [6, 6.07) is 15.7. The van der Waals surface area contributed by atoms with Crippen LogP contribution in [0, 0.1) is 12.8 Å². The quantitative estimate of drug-likeness (QED) is 0.600. The summed E-state index contributed by atoms with van der Waals surface area (Å²) in [5.41, 5.74) is 3.11. The van der Waals surface area contributed by atoms with Gasteiger partial charge in [0.2, 0.25) is 0 Å². The molecule has 0 saturated heterocycles. The summed E-state index contributed by atoms with van der Waals surface area (Å²) in [4.78, 5) is 12.0. The second-order valence-corrected chi connectivity index (χ2v) is 7.78. The van der Waals surface area contributed by atoms with Crippen molar-refractivity contribution in [2.75, 3.05) is 6.54 Å². The molecule has 3 aromatic rings. The summed E-state index contributed by atoms with van der Waals surface area (Å²) in [5, 5.41) is 12.2. The van der Waals surface area contributed by atoms with Gasteiger partial charge in [0.15, 0.2) is 5.76 Å². The topological polar surface area (TPSA) is 68.0 Å². The minimum atomic E-state index is -0.179. The van der Waals surface area contributed by atoms with Gasteiger partial charge in [-0.15, -0.1) is 10.2 Å². The normalized spacial score (nSPS) is 11.0. The van der Waals surface area contributed by atoms with Crippen LogP contribution < -0.4 is 5.32 Å². The molecule has 2 heterocycles. The van der Waals surface area contributed by atoms with Gasteiger partial charge in [-0.2, -0.15) is 0 Å². The Morgan fingerprint density at radius 3 is 2.52 bits per heavy atom. The van der Waals surface area contributed by atoms with Crippen LogP contribution in [0.25, 0.3) is 11.3 Å². The molecule has 1 aromatic carbocycles. The van der Waals surface area contributed by atoms with Crippen molar-refractivity contribution in [1.82, 2.24) is 15.5 Å². The number of nitrogens with zero attached hydrogens (tertiary/aromatic N) is 2. The van der Waals surface area contributed by atoms with Crippen molar-refractivity contribution >= 4 is 17.7 Å². The van der Waals surface area contributed by atoms with E-state index in [0.29, 0.717) is 24.0 Å². The molecule has 0 unspecified atom stereocenters. The summed E-state index contributed by atoms with van der Waals surface area (Å²) in [6.07, 6.45) is 0. The first-order chi connectivity index (χ1) is 13.0. The molecule has 2 aromatic heterocycles. The minimum Gasteiger partial charge on any atom is -0.455 e. The third-order valence-corrected chi connectivity index (χ3v) is 4.85. The Balaban J connectivity index is 1.56. The molecule has 0 aliphatic heterocycles. The predicted molar refractivity (Wildman–Crippen MR) is 108 cm³/mol. The SMILES string of the molecule is Cc1ccc(-c2ccc(SCc3ccc(C(=O)NCC(C)C)o3)nn2)cc1. The van der Waals surface area contributed by atoms with Crippen molar-refractivity contribution < 1.29 is 9.21 Å². The Bertz CT molecular complexity index is 887. The highest BCUT2D eigenvalue weighted by molar-refractivity contribution is 7.98. The van der Waals surface area contributed by atoms with E-state index in [-0.39, 0.29) is 5.91 Å². The second kappa shape index (κ2) is 8.86. The van der Waals surface area contributed by atoms with Crippen LogP contribution in [0.5, 0.6) is 0 Å². The maximum Gasteiger partial charge on any atom is 0.287 e. The molecule has 5 nitrogen and oxygen atoms in total. The van der Waals surface area contributed by atoms with E-state index in [2.05, 4.69) is 48.4 Å². The molecular formula is C21H23N3O2S. The van der Waals surface area contributed by atoms with Crippen molar-refractivity contribution in [1.29, 1.82) is 0 Å². The first kappa shape index (κ1) is 19.2. The highest BCUT2D eigenvalue weighted by Gasteiger charge is 2.12. The Hall–Kier alpha value is -2.60. The van der Waals surface area contributed by atoms with E-state index in [1.807, 2.05) is 30.3 Å². The molecule has 1 N–H and O–H groups in total. The lowest BCUT2D eigenvalue weighted by molar-refractivity contribution is 0.0920. The zero-order chi connectivity index (χ0) is 19.2. The summed E-state index contributed by atoms with van der Waals surface area (Å²) >= 11 is 1.52. The number of amides is 1. The molecule has 1 amide bonds. The Kier molecular flexibility index (Phi) is 6.29. The van der Waals surface area contributed by atoms with Gasteiger partial charge < -0.3 is 9.73 Å². The first-order valence-corrected chi connectivity index (χ1v) is 9.90. The number of aryl methyl sites for hydroxylation is 1. The maximum absolute atomic E-state index is 12.0. The third-order valence-electron chi connectivity index (χ3n) is 3.91. The molecule has 0 aliphatic rings. The number of aromatic nitrogens is 2. The largest absolute Gasteiger partial charge is 0.455 e. The summed E-state index contributed by atoms with van der Waals surface area (Å²) < 4.78 is 5.62. The molecule has 140 valence electrons. The third kappa shape index (κ3) is 5.44. The van der Waals surface area contributed by atoms with Crippen LogP contribution in [0.4, 0.5) is 0 Å². The molecule has 6 heteroatoms. The van der Waals surface area contributed by atoms with Gasteiger partial charge in [-0.05, 0) is 37.1 Å². The molecule has 0 spiro atoms. The molecule has 27 heavy (non-hydrogen) atoms. The van der Waals surface area contributed by atoms with Crippen LogP contribution in [-0.2, 0) is 5.75 Å². The van der Waals surface area contributed by atoms with E-state index in [1.165, 1.54) is 17.3 Å². The Morgan fingerprint density at radius 1 is 1.07 bits per heavy atom. The molecule has 0 bridgehead atoms. The first-order valence-electron chi connectivity index (χ1n) is 8.92. The fraction of sp³-hybridized carbons (Fsp3) is 0.286. The molecule has 0 aliphatic carbocycles. The summed E-state index contributed by atoms with van der Waals surface area (Å²) in [6.45, 7) is 6.79. The van der Waals surface area contributed by atoms with Gasteiger partial charge in [0.25, 0.3) is 5.91 Å². The van der Waals surface area contributed by atoms with Crippen molar-refractivity contribution in [3.05, 3.63) is 65.6 Å². The number of benzene rings is 1. The van der Waals surface area contributed by atoms with Gasteiger partial charge >= 0.3 is 0 Å². The van der Waals surface area contributed by atoms with Crippen molar-refractivity contribution in [3.8, 4) is 11.3 Å². The Labute approximate surface area is 163 Å². The highest BCUT2D eigenvalue weighted by atomic mass is 32.2. The van der Waals surface area contributed by atoms with Crippen molar-refractivity contribution in [3.63, 3.8) is 0 Å². The van der Waals surface area contributed by atoms with E-state index >= 15 is 0 Å². The summed E-state index contributed by atoms with van der Waals surface area (Å²) in [5.74, 6) is 1.89. The maximum atomic E-state index is 12.0. The van der Waals surface area contributed by atoms with E-state index < -0.39 is 0 Å². The number of rotatable bonds is 7. The number of thioether (sulfide) groups is 1. The number of carbonyl (C=O) groups excluding carboxylic acids is 1. The standard InChI is InChI=1S/C21H23N3O2S/c1-14(2)12-22-21(25)19-10-8-17(26-19)13-27-20-11-9-18(23-24-20)16-6-4-15(3)5-7-16/h4-11,14H,12-13H2,1-3H3,(H,22,25). The average molecular weight is 382 g/mol. The van der Waals surface area contributed by atoms with Crippen molar-refractivity contribution in [2.24, 2.45) is 5.92 Å². The van der Waals surface area contributed by atoms with Crippen LogP contribution in [0.2, 0.25) is 0 Å². The molecule has 0 atom stereocenters. The van der Waals surface area contributed by atoms with Crippen molar-refractivity contribution in [2.45, 2.75) is 31.6 Å². The number of furan rings is 1. The van der Waals surface area contributed by atoms with Gasteiger partial charge in [0.1, 0.15) is 10.8 Å². The minimum absolute atomic E-state index is 0.179. The van der Waals surface area contributed by atoms with E-state index in [9.17, 15) is 4.79 Å². The number of nitrogens with one attached hydrogen (secondary N) is 1. The van der Waals surface area contributed by atoms with E-state index in [0.717, 1.165) is 22.0 Å². The highest BCUT2D eigenvalue weighted by Crippen LogP contribution is 2.24. The van der Waals surface area contributed by atoms with Crippen LogP contribution in [0.15, 0.2) is 58.0 Å². The van der Waals surface area contributed by atoms with Gasteiger partial charge in [0, 0.05) is 12.1 Å². The lowest BCUT2D eigenvalue weighted by Gasteiger charge is -2.05. The zero-order valence-electron chi connectivity index (χ0n) is 15.7. The molecular weight excluding hydrogens is 358 g/mol.